The predicted octanol–water partition coefficient (Wildman–Crippen LogP) is 1.73. The Bertz CT molecular complexity index is 281. The van der Waals surface area contributed by atoms with Gasteiger partial charge in [0.15, 0.2) is 0 Å². The van der Waals surface area contributed by atoms with E-state index < -0.39 is 0 Å². The van der Waals surface area contributed by atoms with Crippen LogP contribution in [0.15, 0.2) is 24.3 Å². The van der Waals surface area contributed by atoms with Gasteiger partial charge in [-0.25, -0.2) is 0 Å². The Morgan fingerprint density at radius 1 is 1.36 bits per heavy atom. The van der Waals surface area contributed by atoms with Crippen molar-refractivity contribution in [1.82, 2.24) is 0 Å². The molecule has 0 amide bonds. The average molecular weight is 145 g/mol. The van der Waals surface area contributed by atoms with E-state index in [2.05, 4.69) is 5.92 Å². The van der Waals surface area contributed by atoms with Gasteiger partial charge in [-0.1, -0.05) is 12.0 Å². The van der Waals surface area contributed by atoms with Gasteiger partial charge < -0.3 is 4.90 Å². The lowest BCUT2D eigenvalue weighted by Gasteiger charge is -2.11. The second-order valence-corrected chi connectivity index (χ2v) is 2.59. The zero-order valence-corrected chi connectivity index (χ0v) is 6.83. The first-order valence-corrected chi connectivity index (χ1v) is 3.48. The molecule has 1 heteroatoms. The van der Waals surface area contributed by atoms with Crippen LogP contribution in [0.5, 0.6) is 0 Å². The summed E-state index contributed by atoms with van der Waals surface area (Å²) in [6.45, 7) is 0. The molecule has 1 aromatic rings. The Morgan fingerprint density at radius 3 is 2.64 bits per heavy atom. The summed E-state index contributed by atoms with van der Waals surface area (Å²) in [6.07, 6.45) is 5.25. The summed E-state index contributed by atoms with van der Waals surface area (Å²) in [5, 5.41) is 0. The van der Waals surface area contributed by atoms with E-state index in [4.69, 9.17) is 6.42 Å². The highest BCUT2D eigenvalue weighted by molar-refractivity contribution is 5.50. The topological polar surface area (TPSA) is 3.24 Å². The van der Waals surface area contributed by atoms with Crippen molar-refractivity contribution in [3.63, 3.8) is 0 Å². The molecule has 0 aromatic heterocycles. The summed E-state index contributed by atoms with van der Waals surface area (Å²) < 4.78 is 0. The van der Waals surface area contributed by atoms with Crippen molar-refractivity contribution < 1.29 is 0 Å². The van der Waals surface area contributed by atoms with Gasteiger partial charge in [-0.2, -0.15) is 0 Å². The third-order valence-corrected chi connectivity index (χ3v) is 1.53. The van der Waals surface area contributed by atoms with Crippen LogP contribution >= 0.6 is 0 Å². The van der Waals surface area contributed by atoms with Gasteiger partial charge in [0.25, 0.3) is 0 Å². The van der Waals surface area contributed by atoms with Crippen LogP contribution in [0.2, 0.25) is 0 Å². The zero-order chi connectivity index (χ0) is 8.27. The number of hydrogen-bond acceptors (Lipinski definition) is 1. The van der Waals surface area contributed by atoms with E-state index in [-0.39, 0.29) is 0 Å². The smallest absolute Gasteiger partial charge is 0.0373 e. The zero-order valence-electron chi connectivity index (χ0n) is 6.83. The molecule has 0 aliphatic carbocycles. The normalized spacial score (nSPS) is 8.82. The molecule has 0 radical (unpaired) electrons. The van der Waals surface area contributed by atoms with Crippen molar-refractivity contribution in [2.24, 2.45) is 0 Å². The molecule has 0 heterocycles. The highest BCUT2D eigenvalue weighted by atomic mass is 15.1. The number of nitrogens with zero attached hydrogens (tertiary/aromatic N) is 1. The molecule has 0 atom stereocenters. The first kappa shape index (κ1) is 7.68. The molecule has 0 bridgehead atoms. The molecule has 11 heavy (non-hydrogen) atoms. The van der Waals surface area contributed by atoms with Gasteiger partial charge in [0.1, 0.15) is 0 Å². The molecule has 0 saturated heterocycles. The van der Waals surface area contributed by atoms with Crippen LogP contribution in [0.25, 0.3) is 0 Å². The Morgan fingerprint density at radius 2 is 2.09 bits per heavy atom. The minimum absolute atomic E-state index is 0.927. The van der Waals surface area contributed by atoms with Gasteiger partial charge >= 0.3 is 0 Å². The molecule has 0 aliphatic heterocycles. The maximum Gasteiger partial charge on any atom is 0.0373 e. The molecule has 0 spiro atoms. The number of benzene rings is 1. The molecule has 56 valence electrons. The molecule has 0 saturated carbocycles. The maximum atomic E-state index is 5.25. The number of rotatable bonds is 1. The van der Waals surface area contributed by atoms with Crippen molar-refractivity contribution >= 4 is 5.69 Å². The predicted molar refractivity (Wildman–Crippen MR) is 48.7 cm³/mol. The maximum absolute atomic E-state index is 5.25. The highest BCUT2D eigenvalue weighted by Crippen LogP contribution is 2.11. The van der Waals surface area contributed by atoms with E-state index in [1.54, 1.807) is 0 Å². The summed E-state index contributed by atoms with van der Waals surface area (Å²) in [5.74, 6) is 2.60. The lowest BCUT2D eigenvalue weighted by Crippen LogP contribution is -2.08. The third-order valence-electron chi connectivity index (χ3n) is 1.53. The second-order valence-electron chi connectivity index (χ2n) is 2.59. The molecular weight excluding hydrogens is 134 g/mol. The molecule has 1 nitrogen and oxygen atoms in total. The van der Waals surface area contributed by atoms with Gasteiger partial charge in [0.05, 0.1) is 0 Å². The molecule has 0 fully saturated rings. The van der Waals surface area contributed by atoms with Gasteiger partial charge in [-0.3, -0.25) is 0 Å². The van der Waals surface area contributed by atoms with Crippen molar-refractivity contribution in [2.45, 2.75) is 0 Å². The van der Waals surface area contributed by atoms with Crippen LogP contribution < -0.4 is 4.90 Å². The fourth-order valence-corrected chi connectivity index (χ4v) is 0.874. The van der Waals surface area contributed by atoms with Crippen LogP contribution in [0.1, 0.15) is 5.56 Å². The summed E-state index contributed by atoms with van der Waals surface area (Å²) >= 11 is 0. The van der Waals surface area contributed by atoms with E-state index in [0.29, 0.717) is 0 Å². The Hall–Kier alpha value is -1.42. The number of hydrogen-bond donors (Lipinski definition) is 0. The fourth-order valence-electron chi connectivity index (χ4n) is 0.874. The molecule has 0 N–H and O–H groups in total. The van der Waals surface area contributed by atoms with Gasteiger partial charge in [-0.15, -0.1) is 6.42 Å². The van der Waals surface area contributed by atoms with Crippen LogP contribution in [-0.4, -0.2) is 14.1 Å². The van der Waals surface area contributed by atoms with Gasteiger partial charge in [0, 0.05) is 25.3 Å². The summed E-state index contributed by atoms with van der Waals surface area (Å²) in [5.41, 5.74) is 2.07. The van der Waals surface area contributed by atoms with E-state index in [1.165, 1.54) is 0 Å². The van der Waals surface area contributed by atoms with Crippen molar-refractivity contribution in [2.75, 3.05) is 19.0 Å². The van der Waals surface area contributed by atoms with Crippen molar-refractivity contribution in [3.8, 4) is 12.3 Å². The number of anilines is 1. The SMILES string of the molecule is C#Cc1cccc(N(C)C)c1. The number of terminal acetylenes is 1. The Balaban J connectivity index is 3.03. The summed E-state index contributed by atoms with van der Waals surface area (Å²) in [6, 6.07) is 7.90. The largest absolute Gasteiger partial charge is 0.378 e. The van der Waals surface area contributed by atoms with Gasteiger partial charge in [-0.05, 0) is 18.2 Å². The molecule has 0 unspecified atom stereocenters. The Labute approximate surface area is 67.7 Å². The summed E-state index contributed by atoms with van der Waals surface area (Å²) in [4.78, 5) is 2.03. The third kappa shape index (κ3) is 1.75. The molecule has 0 aliphatic rings. The fraction of sp³-hybridized carbons (Fsp3) is 0.200. The van der Waals surface area contributed by atoms with E-state index in [1.807, 2.05) is 43.3 Å². The van der Waals surface area contributed by atoms with E-state index >= 15 is 0 Å². The molecule has 1 aromatic carbocycles. The minimum atomic E-state index is 0.927. The first-order chi connectivity index (χ1) is 5.24. The van der Waals surface area contributed by atoms with Crippen molar-refractivity contribution in [1.29, 1.82) is 0 Å². The van der Waals surface area contributed by atoms with Crippen molar-refractivity contribution in [3.05, 3.63) is 29.8 Å². The monoisotopic (exact) mass is 145 g/mol. The highest BCUT2D eigenvalue weighted by Gasteiger charge is 1.93. The molecule has 1 rings (SSSR count). The van der Waals surface area contributed by atoms with Crippen LogP contribution in [0.3, 0.4) is 0 Å². The van der Waals surface area contributed by atoms with Crippen LogP contribution in [0, 0.1) is 12.3 Å². The Kier molecular flexibility index (Phi) is 2.18. The average Bonchev–Trinajstić information content (AvgIpc) is 2.05. The standard InChI is InChI=1S/C10H11N/c1-4-9-6-5-7-10(8-9)11(2)3/h1,5-8H,2-3H3. The van der Waals surface area contributed by atoms with E-state index in [9.17, 15) is 0 Å². The lowest BCUT2D eigenvalue weighted by atomic mass is 10.2. The second kappa shape index (κ2) is 3.12. The first-order valence-electron chi connectivity index (χ1n) is 3.48. The van der Waals surface area contributed by atoms with Gasteiger partial charge in [0.2, 0.25) is 0 Å². The van der Waals surface area contributed by atoms with E-state index in [0.717, 1.165) is 11.3 Å². The van der Waals surface area contributed by atoms with Crippen LogP contribution in [-0.2, 0) is 0 Å². The molecular formula is C10H11N. The quantitative estimate of drug-likeness (QED) is 0.544. The lowest BCUT2D eigenvalue weighted by molar-refractivity contribution is 1.13. The summed E-state index contributed by atoms with van der Waals surface area (Å²) in [7, 11) is 3.99. The minimum Gasteiger partial charge on any atom is -0.378 e. The van der Waals surface area contributed by atoms with Crippen LogP contribution in [0.4, 0.5) is 5.69 Å².